The van der Waals surface area contributed by atoms with Crippen LogP contribution in [0.15, 0.2) is 18.2 Å². The van der Waals surface area contributed by atoms with Gasteiger partial charge in [-0.05, 0) is 37.3 Å². The molecule has 3 nitrogen and oxygen atoms in total. The number of aliphatic hydroxyl groups is 1. The summed E-state index contributed by atoms with van der Waals surface area (Å²) in [6, 6.07) is 6.40. The number of aryl methyl sites for hydroxylation is 1. The number of fused-ring (bicyclic) bond motifs is 1. The summed E-state index contributed by atoms with van der Waals surface area (Å²) >= 11 is 0. The summed E-state index contributed by atoms with van der Waals surface area (Å²) in [4.78, 5) is 11.6. The van der Waals surface area contributed by atoms with Crippen molar-refractivity contribution in [2.75, 3.05) is 0 Å². The highest BCUT2D eigenvalue weighted by molar-refractivity contribution is 5.80. The second-order valence-corrected chi connectivity index (χ2v) is 5.05. The molecule has 0 spiro atoms. The molecule has 2 N–H and O–H groups in total. The molecule has 0 heterocycles. The molecule has 1 aromatic rings. The first-order valence-corrected chi connectivity index (χ1v) is 6.07. The van der Waals surface area contributed by atoms with Crippen LogP contribution in [0, 0.1) is 12.8 Å². The minimum Gasteiger partial charge on any atom is -0.384 e. The SMILES string of the molecule is Cc1ccc2c(c1)[C@H](NC(=O)[C@@H](C)O)[C@@H](C)C2. The van der Waals surface area contributed by atoms with Crippen LogP contribution in [0.1, 0.15) is 36.6 Å². The first-order valence-electron chi connectivity index (χ1n) is 6.07. The molecule has 3 heteroatoms. The van der Waals surface area contributed by atoms with Crippen molar-refractivity contribution in [1.29, 1.82) is 0 Å². The molecular formula is C14H19NO2. The summed E-state index contributed by atoms with van der Waals surface area (Å²) in [5.74, 6) is 0.0886. The van der Waals surface area contributed by atoms with Crippen LogP contribution in [-0.2, 0) is 11.2 Å². The van der Waals surface area contributed by atoms with E-state index in [0.29, 0.717) is 5.92 Å². The molecule has 0 saturated heterocycles. The lowest BCUT2D eigenvalue weighted by Gasteiger charge is -2.20. The third kappa shape index (κ3) is 2.34. The quantitative estimate of drug-likeness (QED) is 0.817. The zero-order valence-corrected chi connectivity index (χ0v) is 10.5. The number of amides is 1. The maximum Gasteiger partial charge on any atom is 0.249 e. The van der Waals surface area contributed by atoms with Crippen molar-refractivity contribution in [3.8, 4) is 0 Å². The first kappa shape index (κ1) is 12.1. The number of aliphatic hydroxyl groups excluding tert-OH is 1. The van der Waals surface area contributed by atoms with Gasteiger partial charge in [0.25, 0.3) is 0 Å². The van der Waals surface area contributed by atoms with E-state index < -0.39 is 6.10 Å². The fraction of sp³-hybridized carbons (Fsp3) is 0.500. The second kappa shape index (κ2) is 4.49. The molecule has 0 fully saturated rings. The number of carbonyl (C=O) groups excluding carboxylic acids is 1. The number of hydrogen-bond acceptors (Lipinski definition) is 2. The van der Waals surface area contributed by atoms with Gasteiger partial charge in [-0.1, -0.05) is 30.7 Å². The van der Waals surface area contributed by atoms with Gasteiger partial charge in [0.1, 0.15) is 6.10 Å². The van der Waals surface area contributed by atoms with Crippen LogP contribution in [0.4, 0.5) is 0 Å². The van der Waals surface area contributed by atoms with Crippen LogP contribution >= 0.6 is 0 Å². The summed E-state index contributed by atoms with van der Waals surface area (Å²) in [6.45, 7) is 5.67. The van der Waals surface area contributed by atoms with Gasteiger partial charge >= 0.3 is 0 Å². The molecular weight excluding hydrogens is 214 g/mol. The van der Waals surface area contributed by atoms with Gasteiger partial charge in [0.2, 0.25) is 5.91 Å². The molecule has 92 valence electrons. The van der Waals surface area contributed by atoms with E-state index in [9.17, 15) is 9.90 Å². The molecule has 0 saturated carbocycles. The van der Waals surface area contributed by atoms with Gasteiger partial charge in [0.05, 0.1) is 6.04 Å². The van der Waals surface area contributed by atoms with E-state index in [0.717, 1.165) is 6.42 Å². The molecule has 0 radical (unpaired) electrons. The maximum atomic E-state index is 11.6. The van der Waals surface area contributed by atoms with Gasteiger partial charge in [0, 0.05) is 0 Å². The van der Waals surface area contributed by atoms with Gasteiger partial charge in [0.15, 0.2) is 0 Å². The maximum absolute atomic E-state index is 11.6. The number of benzene rings is 1. The zero-order chi connectivity index (χ0) is 12.6. The van der Waals surface area contributed by atoms with Gasteiger partial charge < -0.3 is 10.4 Å². The lowest BCUT2D eigenvalue weighted by Crippen LogP contribution is -2.36. The van der Waals surface area contributed by atoms with E-state index in [1.54, 1.807) is 0 Å². The van der Waals surface area contributed by atoms with Gasteiger partial charge in [-0.25, -0.2) is 0 Å². The van der Waals surface area contributed by atoms with Crippen LogP contribution in [0.25, 0.3) is 0 Å². The number of hydrogen-bond donors (Lipinski definition) is 2. The Labute approximate surface area is 102 Å². The highest BCUT2D eigenvalue weighted by atomic mass is 16.3. The zero-order valence-electron chi connectivity index (χ0n) is 10.5. The van der Waals surface area contributed by atoms with E-state index in [-0.39, 0.29) is 11.9 Å². The molecule has 0 unspecified atom stereocenters. The highest BCUT2D eigenvalue weighted by Crippen LogP contribution is 2.36. The van der Waals surface area contributed by atoms with Crippen molar-refractivity contribution in [1.82, 2.24) is 5.32 Å². The summed E-state index contributed by atoms with van der Waals surface area (Å²) in [6.07, 6.45) is 0.0384. The number of carbonyl (C=O) groups is 1. The van der Waals surface area contributed by atoms with Crippen LogP contribution < -0.4 is 5.32 Å². The summed E-state index contributed by atoms with van der Waals surface area (Å²) < 4.78 is 0. The van der Waals surface area contributed by atoms with Crippen LogP contribution in [0.3, 0.4) is 0 Å². The van der Waals surface area contributed by atoms with Crippen molar-refractivity contribution >= 4 is 5.91 Å². The van der Waals surface area contributed by atoms with E-state index in [2.05, 4.69) is 37.4 Å². The fourth-order valence-corrected chi connectivity index (χ4v) is 2.45. The number of nitrogens with one attached hydrogen (secondary N) is 1. The van der Waals surface area contributed by atoms with E-state index in [1.807, 2.05) is 0 Å². The first-order chi connectivity index (χ1) is 7.99. The monoisotopic (exact) mass is 233 g/mol. The average molecular weight is 233 g/mol. The third-order valence-corrected chi connectivity index (χ3v) is 3.42. The van der Waals surface area contributed by atoms with Crippen LogP contribution in [0.5, 0.6) is 0 Å². The minimum absolute atomic E-state index is 0.0343. The molecule has 3 atom stereocenters. The lowest BCUT2D eigenvalue weighted by molar-refractivity contribution is -0.129. The van der Waals surface area contributed by atoms with Crippen molar-refractivity contribution in [2.24, 2.45) is 5.92 Å². The summed E-state index contributed by atoms with van der Waals surface area (Å²) in [7, 11) is 0. The smallest absolute Gasteiger partial charge is 0.249 e. The molecule has 2 rings (SSSR count). The highest BCUT2D eigenvalue weighted by Gasteiger charge is 2.31. The van der Waals surface area contributed by atoms with Crippen LogP contribution in [-0.4, -0.2) is 17.1 Å². The normalized spacial score (nSPS) is 24.2. The Balaban J connectivity index is 2.25. The Morgan fingerprint density at radius 1 is 1.53 bits per heavy atom. The van der Waals surface area contributed by atoms with Crippen molar-refractivity contribution in [3.63, 3.8) is 0 Å². The minimum atomic E-state index is -0.948. The van der Waals surface area contributed by atoms with Crippen molar-refractivity contribution < 1.29 is 9.90 Å². The van der Waals surface area contributed by atoms with Gasteiger partial charge in [-0.3, -0.25) is 4.79 Å². The standard InChI is InChI=1S/C14H19NO2/c1-8-4-5-11-7-9(2)13(12(11)6-8)15-14(17)10(3)16/h4-6,9-10,13,16H,7H2,1-3H3,(H,15,17)/t9-,10+,13+/m0/s1. The Morgan fingerprint density at radius 3 is 2.88 bits per heavy atom. The molecule has 0 aromatic heterocycles. The Bertz CT molecular complexity index is 440. The lowest BCUT2D eigenvalue weighted by atomic mass is 10.0. The van der Waals surface area contributed by atoms with Gasteiger partial charge in [-0.2, -0.15) is 0 Å². The molecule has 1 aliphatic rings. The van der Waals surface area contributed by atoms with Crippen LogP contribution in [0.2, 0.25) is 0 Å². The van der Waals surface area contributed by atoms with Crippen molar-refractivity contribution in [2.45, 2.75) is 39.3 Å². The average Bonchev–Trinajstić information content (AvgIpc) is 2.55. The van der Waals surface area contributed by atoms with E-state index in [1.165, 1.54) is 23.6 Å². The molecule has 0 bridgehead atoms. The Morgan fingerprint density at radius 2 is 2.24 bits per heavy atom. The second-order valence-electron chi connectivity index (χ2n) is 5.05. The predicted octanol–water partition coefficient (Wildman–Crippen LogP) is 1.73. The molecule has 0 aliphatic heterocycles. The Hall–Kier alpha value is -1.35. The number of rotatable bonds is 2. The molecule has 1 aliphatic carbocycles. The predicted molar refractivity (Wildman–Crippen MR) is 66.6 cm³/mol. The fourth-order valence-electron chi connectivity index (χ4n) is 2.45. The molecule has 1 amide bonds. The molecule has 17 heavy (non-hydrogen) atoms. The van der Waals surface area contributed by atoms with E-state index >= 15 is 0 Å². The Kier molecular flexibility index (Phi) is 3.20. The topological polar surface area (TPSA) is 49.3 Å². The van der Waals surface area contributed by atoms with Crippen molar-refractivity contribution in [3.05, 3.63) is 34.9 Å². The third-order valence-electron chi connectivity index (χ3n) is 3.42. The summed E-state index contributed by atoms with van der Waals surface area (Å²) in [5, 5.41) is 12.2. The summed E-state index contributed by atoms with van der Waals surface area (Å²) in [5.41, 5.74) is 3.71. The van der Waals surface area contributed by atoms with E-state index in [4.69, 9.17) is 0 Å². The molecule has 1 aromatic carbocycles. The largest absolute Gasteiger partial charge is 0.384 e. The van der Waals surface area contributed by atoms with Gasteiger partial charge in [-0.15, -0.1) is 0 Å².